The highest BCUT2D eigenvalue weighted by molar-refractivity contribution is 7.88. The van der Waals surface area contributed by atoms with E-state index < -0.39 is 20.0 Å². The fourth-order valence-corrected chi connectivity index (χ4v) is 6.08. The van der Waals surface area contributed by atoms with E-state index in [0.29, 0.717) is 63.5 Å². The van der Waals surface area contributed by atoms with Crippen LogP contribution in [0.25, 0.3) is 0 Å². The maximum absolute atomic E-state index is 13.1. The summed E-state index contributed by atoms with van der Waals surface area (Å²) in [5, 5.41) is 6.53. The number of carbonyl (C=O) groups is 1. The second-order valence-corrected chi connectivity index (χ2v) is 13.0. The van der Waals surface area contributed by atoms with Crippen molar-refractivity contribution in [2.24, 2.45) is 0 Å². The first-order valence-corrected chi connectivity index (χ1v) is 15.3. The molecule has 2 aromatic rings. The third-order valence-electron chi connectivity index (χ3n) is 6.35. The van der Waals surface area contributed by atoms with E-state index in [2.05, 4.69) is 30.6 Å². The van der Waals surface area contributed by atoms with Gasteiger partial charge in [-0.05, 0) is 25.7 Å². The molecule has 0 bridgehead atoms. The molecule has 0 aliphatic carbocycles. The van der Waals surface area contributed by atoms with Crippen molar-refractivity contribution in [1.82, 2.24) is 28.5 Å². The van der Waals surface area contributed by atoms with Crippen LogP contribution >= 0.6 is 0 Å². The lowest BCUT2D eigenvalue weighted by atomic mass is 10.1. The molecule has 0 atom stereocenters. The Morgan fingerprint density at radius 1 is 0.722 bits per heavy atom. The lowest BCUT2D eigenvalue weighted by Crippen LogP contribution is -2.42. The van der Waals surface area contributed by atoms with Gasteiger partial charge in [0.05, 0.1) is 12.5 Å². The number of nitrogens with one attached hydrogen (secondary N) is 2. The molecular weight excluding hydrogens is 508 g/mol. The van der Waals surface area contributed by atoms with E-state index in [-0.39, 0.29) is 29.3 Å². The standard InChI is InChI=1S/C21H30N8O5S2/c1-35(31,32)28-7-3-15(4-8-28)26-19-11-17(22-13-24-19)21(30)18-12-20(25-14-23-18)27-16-5-9-29(10-6-16)36(2,33)34/h11-16H,3-10H2,1-2H3,(H,22,24,26)(H,23,25,27). The van der Waals surface area contributed by atoms with Gasteiger partial charge in [-0.15, -0.1) is 0 Å². The first kappa shape index (κ1) is 26.3. The average molecular weight is 539 g/mol. The summed E-state index contributed by atoms with van der Waals surface area (Å²) in [6.45, 7) is 1.71. The lowest BCUT2D eigenvalue weighted by Gasteiger charge is -2.31. The predicted octanol–water partition coefficient (Wildman–Crippen LogP) is 0.169. The largest absolute Gasteiger partial charge is 0.367 e. The molecule has 2 saturated heterocycles. The second kappa shape index (κ2) is 10.7. The molecule has 196 valence electrons. The predicted molar refractivity (Wildman–Crippen MR) is 134 cm³/mol. The van der Waals surface area contributed by atoms with Crippen molar-refractivity contribution < 1.29 is 21.6 Å². The minimum absolute atomic E-state index is 0.0322. The van der Waals surface area contributed by atoms with Gasteiger partial charge in [-0.1, -0.05) is 0 Å². The Morgan fingerprint density at radius 2 is 1.08 bits per heavy atom. The third-order valence-corrected chi connectivity index (χ3v) is 8.96. The van der Waals surface area contributed by atoms with Gasteiger partial charge in [0, 0.05) is 50.4 Å². The van der Waals surface area contributed by atoms with Crippen molar-refractivity contribution in [2.45, 2.75) is 37.8 Å². The van der Waals surface area contributed by atoms with Crippen LogP contribution in [-0.2, 0) is 20.0 Å². The minimum Gasteiger partial charge on any atom is -0.367 e. The zero-order valence-corrected chi connectivity index (χ0v) is 21.8. The van der Waals surface area contributed by atoms with Crippen LogP contribution in [0.2, 0.25) is 0 Å². The van der Waals surface area contributed by atoms with Crippen molar-refractivity contribution in [3.63, 3.8) is 0 Å². The maximum Gasteiger partial charge on any atom is 0.230 e. The highest BCUT2D eigenvalue weighted by Crippen LogP contribution is 2.20. The smallest absolute Gasteiger partial charge is 0.230 e. The van der Waals surface area contributed by atoms with Gasteiger partial charge >= 0.3 is 0 Å². The Kier molecular flexibility index (Phi) is 7.82. The fourth-order valence-electron chi connectivity index (χ4n) is 4.33. The van der Waals surface area contributed by atoms with E-state index >= 15 is 0 Å². The van der Waals surface area contributed by atoms with Gasteiger partial charge in [0.1, 0.15) is 35.7 Å². The molecule has 2 aliphatic rings. The molecule has 4 heterocycles. The molecule has 2 fully saturated rings. The maximum atomic E-state index is 13.1. The first-order valence-electron chi connectivity index (χ1n) is 11.6. The van der Waals surface area contributed by atoms with Crippen molar-refractivity contribution in [1.29, 1.82) is 0 Å². The van der Waals surface area contributed by atoms with Crippen LogP contribution in [-0.4, -0.2) is 102 Å². The Balaban J connectivity index is 1.37. The molecule has 2 aromatic heterocycles. The van der Waals surface area contributed by atoms with Crippen molar-refractivity contribution in [3.8, 4) is 0 Å². The number of hydrogen-bond donors (Lipinski definition) is 2. The molecule has 0 radical (unpaired) electrons. The fraction of sp³-hybridized carbons (Fsp3) is 0.571. The summed E-state index contributed by atoms with van der Waals surface area (Å²) >= 11 is 0. The molecule has 0 aromatic carbocycles. The van der Waals surface area contributed by atoms with Crippen LogP contribution in [0.1, 0.15) is 41.9 Å². The highest BCUT2D eigenvalue weighted by Gasteiger charge is 2.26. The molecule has 4 rings (SSSR count). The zero-order chi connectivity index (χ0) is 25.9. The Hall–Kier alpha value is -2.75. The van der Waals surface area contributed by atoms with Crippen LogP contribution < -0.4 is 10.6 Å². The number of aromatic nitrogens is 4. The van der Waals surface area contributed by atoms with E-state index in [9.17, 15) is 21.6 Å². The molecular formula is C21H30N8O5S2. The quantitative estimate of drug-likeness (QED) is 0.440. The van der Waals surface area contributed by atoms with E-state index in [1.807, 2.05) is 0 Å². The van der Waals surface area contributed by atoms with Crippen LogP contribution in [0.4, 0.5) is 11.6 Å². The summed E-state index contributed by atoms with van der Waals surface area (Å²) in [6, 6.07) is 3.18. The number of ketones is 1. The van der Waals surface area contributed by atoms with Crippen molar-refractivity contribution in [3.05, 3.63) is 36.2 Å². The molecule has 15 heteroatoms. The minimum atomic E-state index is -3.20. The Labute approximate surface area is 210 Å². The molecule has 2 aliphatic heterocycles. The topological polar surface area (TPSA) is 167 Å². The van der Waals surface area contributed by atoms with E-state index in [1.165, 1.54) is 33.8 Å². The first-order chi connectivity index (χ1) is 17.0. The summed E-state index contributed by atoms with van der Waals surface area (Å²) in [4.78, 5) is 29.7. The number of rotatable bonds is 8. The number of anilines is 2. The monoisotopic (exact) mass is 538 g/mol. The van der Waals surface area contributed by atoms with Gasteiger partial charge < -0.3 is 10.6 Å². The molecule has 13 nitrogen and oxygen atoms in total. The molecule has 0 spiro atoms. The van der Waals surface area contributed by atoms with E-state index in [0.717, 1.165) is 0 Å². The van der Waals surface area contributed by atoms with Gasteiger partial charge in [-0.3, -0.25) is 4.79 Å². The number of sulfonamides is 2. The van der Waals surface area contributed by atoms with Gasteiger partial charge in [0.2, 0.25) is 25.8 Å². The van der Waals surface area contributed by atoms with Gasteiger partial charge in [0.25, 0.3) is 0 Å². The molecule has 0 saturated carbocycles. The molecule has 2 N–H and O–H groups in total. The second-order valence-electron chi connectivity index (χ2n) is 9.07. The Bertz CT molecular complexity index is 1210. The molecule has 0 amide bonds. The average Bonchev–Trinajstić information content (AvgIpc) is 2.83. The number of nitrogens with zero attached hydrogens (tertiary/aromatic N) is 6. The number of hydrogen-bond acceptors (Lipinski definition) is 11. The van der Waals surface area contributed by atoms with E-state index in [4.69, 9.17) is 0 Å². The summed E-state index contributed by atoms with van der Waals surface area (Å²) in [7, 11) is -6.40. The normalized spacial score (nSPS) is 19.2. The SMILES string of the molecule is CS(=O)(=O)N1CCC(Nc2cc(C(=O)c3cc(NC4CCN(S(C)(=O)=O)CC4)ncn3)ncn2)CC1. The molecule has 36 heavy (non-hydrogen) atoms. The van der Waals surface area contributed by atoms with Gasteiger partial charge in [-0.2, -0.15) is 0 Å². The third kappa shape index (κ3) is 6.72. The van der Waals surface area contributed by atoms with Crippen LogP contribution in [0.15, 0.2) is 24.8 Å². The van der Waals surface area contributed by atoms with Crippen LogP contribution in [0, 0.1) is 0 Å². The highest BCUT2D eigenvalue weighted by atomic mass is 32.2. The summed E-state index contributed by atoms with van der Waals surface area (Å²) in [6.07, 6.45) is 7.54. The van der Waals surface area contributed by atoms with Gasteiger partial charge in [0.15, 0.2) is 0 Å². The van der Waals surface area contributed by atoms with E-state index in [1.54, 1.807) is 12.1 Å². The van der Waals surface area contributed by atoms with Crippen LogP contribution in [0.3, 0.4) is 0 Å². The summed E-state index contributed by atoms with van der Waals surface area (Å²) < 4.78 is 49.7. The van der Waals surface area contributed by atoms with Crippen LogP contribution in [0.5, 0.6) is 0 Å². The number of piperidine rings is 2. The number of carbonyl (C=O) groups excluding carboxylic acids is 1. The van der Waals surface area contributed by atoms with Crippen molar-refractivity contribution >= 4 is 37.5 Å². The summed E-state index contributed by atoms with van der Waals surface area (Å²) in [5.74, 6) is 0.581. The Morgan fingerprint density at radius 3 is 1.42 bits per heavy atom. The molecule has 0 unspecified atom stereocenters. The van der Waals surface area contributed by atoms with Crippen molar-refractivity contribution in [2.75, 3.05) is 49.3 Å². The van der Waals surface area contributed by atoms with Gasteiger partial charge in [-0.25, -0.2) is 45.4 Å². The lowest BCUT2D eigenvalue weighted by molar-refractivity contribution is 0.102. The zero-order valence-electron chi connectivity index (χ0n) is 20.2. The summed E-state index contributed by atoms with van der Waals surface area (Å²) in [5.41, 5.74) is 0.347.